The number of rotatable bonds is 8. The third-order valence-electron chi connectivity index (χ3n) is 5.32. The van der Waals surface area contributed by atoms with E-state index in [1.165, 1.54) is 0 Å². The molecular formula is C21H30N8O. The zero-order valence-corrected chi connectivity index (χ0v) is 17.9. The summed E-state index contributed by atoms with van der Waals surface area (Å²) in [7, 11) is 0. The molecular weight excluding hydrogens is 380 g/mol. The van der Waals surface area contributed by atoms with Crippen molar-refractivity contribution in [2.75, 3.05) is 43.1 Å². The molecule has 0 spiro atoms. The lowest BCUT2D eigenvalue weighted by Gasteiger charge is -2.33. The summed E-state index contributed by atoms with van der Waals surface area (Å²) in [5.41, 5.74) is 2.79. The van der Waals surface area contributed by atoms with Crippen LogP contribution in [0.5, 0.6) is 0 Å². The monoisotopic (exact) mass is 410 g/mol. The topological polar surface area (TPSA) is 93.0 Å². The fourth-order valence-electron chi connectivity index (χ4n) is 3.62. The zero-order chi connectivity index (χ0) is 20.9. The van der Waals surface area contributed by atoms with E-state index in [9.17, 15) is 0 Å². The SMILES string of the molecule is CCOCCn1ncc2nc(N3CCN[C@@H](CC)C3)nc(Nc3ccc(C)cn3)c21. The summed E-state index contributed by atoms with van der Waals surface area (Å²) < 4.78 is 7.42. The van der Waals surface area contributed by atoms with E-state index >= 15 is 0 Å². The van der Waals surface area contributed by atoms with E-state index in [0.717, 1.165) is 54.4 Å². The van der Waals surface area contributed by atoms with Crippen LogP contribution >= 0.6 is 0 Å². The number of pyridine rings is 1. The molecule has 4 heterocycles. The number of aryl methyl sites for hydroxylation is 1. The van der Waals surface area contributed by atoms with Gasteiger partial charge in [-0.25, -0.2) is 9.97 Å². The number of hydrogen-bond acceptors (Lipinski definition) is 8. The van der Waals surface area contributed by atoms with Crippen molar-refractivity contribution in [1.82, 2.24) is 30.0 Å². The normalized spacial score (nSPS) is 16.9. The minimum atomic E-state index is 0.446. The molecule has 3 aromatic rings. The van der Waals surface area contributed by atoms with Crippen molar-refractivity contribution >= 4 is 28.6 Å². The molecule has 3 aromatic heterocycles. The average molecular weight is 411 g/mol. The predicted octanol–water partition coefficient (Wildman–Crippen LogP) is 2.50. The van der Waals surface area contributed by atoms with Crippen LogP contribution in [0.3, 0.4) is 0 Å². The van der Waals surface area contributed by atoms with Gasteiger partial charge >= 0.3 is 0 Å². The Bertz CT molecular complexity index is 971. The van der Waals surface area contributed by atoms with Crippen molar-refractivity contribution in [3.05, 3.63) is 30.1 Å². The van der Waals surface area contributed by atoms with E-state index in [4.69, 9.17) is 14.7 Å². The van der Waals surface area contributed by atoms with Crippen molar-refractivity contribution < 1.29 is 4.74 Å². The largest absolute Gasteiger partial charge is 0.380 e. The molecule has 0 aliphatic carbocycles. The standard InChI is InChI=1S/C21H30N8O/c1-4-16-14-28(9-8-22-16)21-25-17-13-24-29(10-11-30-5-2)19(17)20(27-21)26-18-7-6-15(3)12-23-18/h6-7,12-13,16,22H,4-5,8-11,14H2,1-3H3,(H,23,25,26,27)/t16-/m0/s1. The Hall–Kier alpha value is -2.78. The fraction of sp³-hybridized carbons (Fsp3) is 0.524. The molecule has 0 saturated carbocycles. The van der Waals surface area contributed by atoms with Gasteiger partial charge in [0.05, 0.1) is 19.3 Å². The highest BCUT2D eigenvalue weighted by molar-refractivity contribution is 5.88. The zero-order valence-electron chi connectivity index (χ0n) is 17.9. The summed E-state index contributed by atoms with van der Waals surface area (Å²) in [6.07, 6.45) is 4.72. The van der Waals surface area contributed by atoms with Gasteiger partial charge in [-0.1, -0.05) is 13.0 Å². The molecule has 1 aliphatic heterocycles. The lowest BCUT2D eigenvalue weighted by atomic mass is 10.2. The quantitative estimate of drug-likeness (QED) is 0.547. The first-order valence-electron chi connectivity index (χ1n) is 10.7. The van der Waals surface area contributed by atoms with Crippen LogP contribution in [0.15, 0.2) is 24.5 Å². The van der Waals surface area contributed by atoms with Gasteiger partial charge in [0.25, 0.3) is 0 Å². The second-order valence-corrected chi connectivity index (χ2v) is 7.52. The molecule has 1 aliphatic rings. The van der Waals surface area contributed by atoms with Gasteiger partial charge in [0.15, 0.2) is 5.82 Å². The minimum absolute atomic E-state index is 0.446. The molecule has 2 N–H and O–H groups in total. The summed E-state index contributed by atoms with van der Waals surface area (Å²) in [4.78, 5) is 16.5. The van der Waals surface area contributed by atoms with Crippen molar-refractivity contribution in [2.24, 2.45) is 0 Å². The first-order valence-corrected chi connectivity index (χ1v) is 10.7. The fourth-order valence-corrected chi connectivity index (χ4v) is 3.62. The first-order chi connectivity index (χ1) is 14.7. The Labute approximate surface area is 176 Å². The second kappa shape index (κ2) is 9.36. The molecule has 0 amide bonds. The maximum absolute atomic E-state index is 5.52. The molecule has 160 valence electrons. The maximum atomic E-state index is 5.52. The Balaban J connectivity index is 1.71. The highest BCUT2D eigenvalue weighted by atomic mass is 16.5. The minimum Gasteiger partial charge on any atom is -0.380 e. The van der Waals surface area contributed by atoms with Crippen molar-refractivity contribution in [2.45, 2.75) is 39.8 Å². The number of aromatic nitrogens is 5. The lowest BCUT2D eigenvalue weighted by molar-refractivity contribution is 0.137. The number of ether oxygens (including phenoxy) is 1. The van der Waals surface area contributed by atoms with Crippen LogP contribution in [0.4, 0.5) is 17.6 Å². The van der Waals surface area contributed by atoms with Gasteiger partial charge in [-0.15, -0.1) is 0 Å². The van der Waals surface area contributed by atoms with E-state index in [0.29, 0.717) is 31.6 Å². The van der Waals surface area contributed by atoms with Gasteiger partial charge < -0.3 is 20.3 Å². The van der Waals surface area contributed by atoms with Crippen molar-refractivity contribution in [3.63, 3.8) is 0 Å². The molecule has 9 nitrogen and oxygen atoms in total. The van der Waals surface area contributed by atoms with Crippen LogP contribution in [0.25, 0.3) is 11.0 Å². The highest BCUT2D eigenvalue weighted by Crippen LogP contribution is 2.26. The van der Waals surface area contributed by atoms with Gasteiger partial charge in [0.1, 0.15) is 16.9 Å². The number of fused-ring (bicyclic) bond motifs is 1. The van der Waals surface area contributed by atoms with Crippen LogP contribution in [0, 0.1) is 6.92 Å². The number of nitrogens with zero attached hydrogens (tertiary/aromatic N) is 6. The van der Waals surface area contributed by atoms with Crippen LogP contribution in [0.1, 0.15) is 25.8 Å². The van der Waals surface area contributed by atoms with E-state index in [-0.39, 0.29) is 0 Å². The van der Waals surface area contributed by atoms with E-state index in [1.54, 1.807) is 6.20 Å². The van der Waals surface area contributed by atoms with Gasteiger partial charge in [0.2, 0.25) is 5.95 Å². The summed E-state index contributed by atoms with van der Waals surface area (Å²) >= 11 is 0. The molecule has 4 rings (SSSR count). The molecule has 0 unspecified atom stereocenters. The van der Waals surface area contributed by atoms with Gasteiger partial charge in [-0.05, 0) is 31.9 Å². The third kappa shape index (κ3) is 4.52. The number of hydrogen-bond donors (Lipinski definition) is 2. The lowest BCUT2D eigenvalue weighted by Crippen LogP contribution is -2.51. The Morgan fingerprint density at radius 3 is 2.90 bits per heavy atom. The molecule has 1 atom stereocenters. The Morgan fingerprint density at radius 2 is 2.13 bits per heavy atom. The van der Waals surface area contributed by atoms with Gasteiger partial charge in [-0.3, -0.25) is 4.68 Å². The van der Waals surface area contributed by atoms with E-state index in [2.05, 4.69) is 32.5 Å². The molecule has 0 bridgehead atoms. The predicted molar refractivity (Wildman–Crippen MR) is 118 cm³/mol. The van der Waals surface area contributed by atoms with Gasteiger partial charge in [0, 0.05) is 38.5 Å². The highest BCUT2D eigenvalue weighted by Gasteiger charge is 2.22. The third-order valence-corrected chi connectivity index (χ3v) is 5.32. The Morgan fingerprint density at radius 1 is 1.23 bits per heavy atom. The molecule has 1 saturated heterocycles. The number of anilines is 3. The number of piperazine rings is 1. The van der Waals surface area contributed by atoms with E-state index in [1.807, 2.05) is 36.9 Å². The Kier molecular flexibility index (Phi) is 6.39. The summed E-state index contributed by atoms with van der Waals surface area (Å²) in [5.74, 6) is 2.18. The van der Waals surface area contributed by atoms with E-state index < -0.39 is 0 Å². The van der Waals surface area contributed by atoms with Crippen LogP contribution in [-0.2, 0) is 11.3 Å². The molecule has 1 fully saturated rings. The molecule has 0 aromatic carbocycles. The van der Waals surface area contributed by atoms with Crippen molar-refractivity contribution in [3.8, 4) is 0 Å². The maximum Gasteiger partial charge on any atom is 0.228 e. The summed E-state index contributed by atoms with van der Waals surface area (Å²) in [5, 5.41) is 11.5. The van der Waals surface area contributed by atoms with Crippen LogP contribution in [-0.4, -0.2) is 63.6 Å². The summed E-state index contributed by atoms with van der Waals surface area (Å²) in [6, 6.07) is 4.44. The second-order valence-electron chi connectivity index (χ2n) is 7.52. The first kappa shape index (κ1) is 20.5. The van der Waals surface area contributed by atoms with Crippen LogP contribution < -0.4 is 15.5 Å². The van der Waals surface area contributed by atoms with Crippen molar-refractivity contribution in [1.29, 1.82) is 0 Å². The van der Waals surface area contributed by atoms with Crippen LogP contribution in [0.2, 0.25) is 0 Å². The smallest absolute Gasteiger partial charge is 0.228 e. The number of nitrogens with one attached hydrogen (secondary N) is 2. The van der Waals surface area contributed by atoms with Gasteiger partial charge in [-0.2, -0.15) is 10.1 Å². The average Bonchev–Trinajstić information content (AvgIpc) is 3.19. The molecule has 30 heavy (non-hydrogen) atoms. The summed E-state index contributed by atoms with van der Waals surface area (Å²) in [6.45, 7) is 10.8. The molecule has 9 heteroatoms. The molecule has 0 radical (unpaired) electrons.